The monoisotopic (exact) mass is 265 g/mol. The second-order valence-electron chi connectivity index (χ2n) is 5.84. The van der Waals surface area contributed by atoms with Crippen LogP contribution < -0.4 is 5.46 Å². The SMILES string of the molecule is COC(=O)c1cc(B2OC(C)(C)C(C)(C)O2)c(C)[nH]1. The van der Waals surface area contributed by atoms with Crippen molar-refractivity contribution in [3.63, 3.8) is 0 Å². The van der Waals surface area contributed by atoms with Crippen molar-refractivity contribution in [2.24, 2.45) is 0 Å². The molecule has 2 heterocycles. The van der Waals surface area contributed by atoms with E-state index in [1.54, 1.807) is 6.07 Å². The number of aromatic amines is 1. The molecule has 0 aromatic carbocycles. The minimum absolute atomic E-state index is 0.396. The number of ether oxygens (including phenoxy) is 1. The molecular weight excluding hydrogens is 245 g/mol. The largest absolute Gasteiger partial charge is 0.496 e. The molecule has 2 rings (SSSR count). The maximum atomic E-state index is 11.5. The van der Waals surface area contributed by atoms with Gasteiger partial charge in [-0.2, -0.15) is 0 Å². The highest BCUT2D eigenvalue weighted by atomic mass is 16.7. The molecule has 104 valence electrons. The van der Waals surface area contributed by atoms with E-state index in [-0.39, 0.29) is 0 Å². The zero-order valence-corrected chi connectivity index (χ0v) is 12.3. The van der Waals surface area contributed by atoms with Gasteiger partial charge in [0.25, 0.3) is 0 Å². The van der Waals surface area contributed by atoms with Crippen molar-refractivity contribution >= 4 is 18.6 Å². The molecule has 0 aliphatic carbocycles. The van der Waals surface area contributed by atoms with Crippen LogP contribution in [0.15, 0.2) is 6.07 Å². The average Bonchev–Trinajstić information content (AvgIpc) is 2.77. The number of rotatable bonds is 2. The molecule has 1 saturated heterocycles. The second-order valence-corrected chi connectivity index (χ2v) is 5.84. The minimum atomic E-state index is -0.473. The van der Waals surface area contributed by atoms with Crippen LogP contribution in [0.4, 0.5) is 0 Å². The molecular formula is C13H20BNO4. The molecule has 6 heteroatoms. The Hall–Kier alpha value is -1.27. The van der Waals surface area contributed by atoms with Crippen molar-refractivity contribution in [3.05, 3.63) is 17.5 Å². The molecule has 1 aliphatic heterocycles. The summed E-state index contributed by atoms with van der Waals surface area (Å²) in [6.07, 6.45) is 0. The first-order valence-electron chi connectivity index (χ1n) is 6.31. The van der Waals surface area contributed by atoms with Crippen LogP contribution in [0.25, 0.3) is 0 Å². The molecule has 1 aromatic heterocycles. The molecule has 5 nitrogen and oxygen atoms in total. The van der Waals surface area contributed by atoms with E-state index < -0.39 is 24.3 Å². The van der Waals surface area contributed by atoms with Gasteiger partial charge in [-0.1, -0.05) is 0 Å². The van der Waals surface area contributed by atoms with Gasteiger partial charge in [-0.25, -0.2) is 4.79 Å². The summed E-state index contributed by atoms with van der Waals surface area (Å²) in [7, 11) is 0.882. The van der Waals surface area contributed by atoms with Gasteiger partial charge < -0.3 is 19.0 Å². The molecule has 0 bridgehead atoms. The molecule has 0 radical (unpaired) electrons. The smallest absolute Gasteiger partial charge is 0.464 e. The molecule has 1 aliphatic rings. The van der Waals surface area contributed by atoms with Gasteiger partial charge in [-0.15, -0.1) is 0 Å². The average molecular weight is 265 g/mol. The van der Waals surface area contributed by atoms with E-state index in [1.165, 1.54) is 7.11 Å². The lowest BCUT2D eigenvalue weighted by Crippen LogP contribution is -2.41. The first-order valence-corrected chi connectivity index (χ1v) is 6.31. The van der Waals surface area contributed by atoms with Gasteiger partial charge in [0.1, 0.15) is 5.69 Å². The highest BCUT2D eigenvalue weighted by Gasteiger charge is 2.52. The summed E-state index contributed by atoms with van der Waals surface area (Å²) < 4.78 is 16.6. The minimum Gasteiger partial charge on any atom is -0.464 e. The molecule has 0 spiro atoms. The van der Waals surface area contributed by atoms with Crippen LogP contribution in [-0.2, 0) is 14.0 Å². The maximum Gasteiger partial charge on any atom is 0.496 e. The van der Waals surface area contributed by atoms with Crippen LogP contribution >= 0.6 is 0 Å². The van der Waals surface area contributed by atoms with Crippen molar-refractivity contribution in [2.75, 3.05) is 7.11 Å². The Kier molecular flexibility index (Phi) is 3.27. The Morgan fingerprint density at radius 1 is 1.26 bits per heavy atom. The Labute approximate surface area is 113 Å². The Morgan fingerprint density at radius 2 is 1.79 bits per heavy atom. The number of aryl methyl sites for hydroxylation is 1. The van der Waals surface area contributed by atoms with Gasteiger partial charge in [0.15, 0.2) is 0 Å². The number of H-pyrrole nitrogens is 1. The summed E-state index contributed by atoms with van der Waals surface area (Å²) in [6, 6.07) is 1.73. The predicted molar refractivity (Wildman–Crippen MR) is 72.6 cm³/mol. The fraction of sp³-hybridized carbons (Fsp3) is 0.615. The summed E-state index contributed by atoms with van der Waals surface area (Å²) in [5, 5.41) is 0. The highest BCUT2D eigenvalue weighted by molar-refractivity contribution is 6.62. The van der Waals surface area contributed by atoms with Gasteiger partial charge in [0.2, 0.25) is 0 Å². The zero-order chi connectivity index (χ0) is 14.4. The van der Waals surface area contributed by atoms with E-state index in [9.17, 15) is 4.79 Å². The molecule has 1 fully saturated rings. The number of hydrogen-bond donors (Lipinski definition) is 1. The standard InChI is InChI=1S/C13H20BNO4/c1-8-9(7-10(15-8)11(16)17-6)14-18-12(2,3)13(4,5)19-14/h7,15H,1-6H3. The van der Waals surface area contributed by atoms with Gasteiger partial charge in [0.05, 0.1) is 18.3 Å². The van der Waals surface area contributed by atoms with Crippen molar-refractivity contribution in [2.45, 2.75) is 45.8 Å². The topological polar surface area (TPSA) is 60.6 Å². The lowest BCUT2D eigenvalue weighted by Gasteiger charge is -2.32. The first-order chi connectivity index (χ1) is 8.68. The number of hydrogen-bond acceptors (Lipinski definition) is 4. The Bertz CT molecular complexity index is 491. The van der Waals surface area contributed by atoms with Crippen molar-refractivity contribution in [1.82, 2.24) is 4.98 Å². The van der Waals surface area contributed by atoms with E-state index in [1.807, 2.05) is 34.6 Å². The molecule has 0 atom stereocenters. The normalized spacial score (nSPS) is 20.6. The fourth-order valence-corrected chi connectivity index (χ4v) is 2.01. The number of aromatic nitrogens is 1. The summed E-state index contributed by atoms with van der Waals surface area (Å²) in [4.78, 5) is 14.5. The summed E-state index contributed by atoms with van der Waals surface area (Å²) in [5.41, 5.74) is 1.29. The third-order valence-electron chi connectivity index (χ3n) is 3.97. The predicted octanol–water partition coefficient (Wildman–Crippen LogP) is 1.41. The number of carbonyl (C=O) groups is 1. The van der Waals surface area contributed by atoms with E-state index in [0.717, 1.165) is 11.2 Å². The second kappa shape index (κ2) is 4.39. The first kappa shape index (κ1) is 14.2. The van der Waals surface area contributed by atoms with Crippen LogP contribution in [0.5, 0.6) is 0 Å². The van der Waals surface area contributed by atoms with Gasteiger partial charge >= 0.3 is 13.1 Å². The van der Waals surface area contributed by atoms with Gasteiger partial charge in [-0.3, -0.25) is 0 Å². The molecule has 19 heavy (non-hydrogen) atoms. The quantitative estimate of drug-likeness (QED) is 0.648. The highest BCUT2D eigenvalue weighted by Crippen LogP contribution is 2.36. The molecule has 0 saturated carbocycles. The molecule has 1 aromatic rings. The zero-order valence-electron chi connectivity index (χ0n) is 12.3. The third-order valence-corrected chi connectivity index (χ3v) is 3.97. The van der Waals surface area contributed by atoms with Crippen molar-refractivity contribution < 1.29 is 18.8 Å². The van der Waals surface area contributed by atoms with Crippen molar-refractivity contribution in [1.29, 1.82) is 0 Å². The van der Waals surface area contributed by atoms with E-state index in [2.05, 4.69) is 4.98 Å². The molecule has 1 N–H and O–H groups in total. The van der Waals surface area contributed by atoms with E-state index in [4.69, 9.17) is 14.0 Å². The third kappa shape index (κ3) is 2.30. The molecule has 0 amide bonds. The van der Waals surface area contributed by atoms with Crippen LogP contribution in [0.3, 0.4) is 0 Å². The lowest BCUT2D eigenvalue weighted by molar-refractivity contribution is 0.00578. The Balaban J connectivity index is 2.30. The van der Waals surface area contributed by atoms with Crippen LogP contribution in [-0.4, -0.2) is 36.4 Å². The number of nitrogens with one attached hydrogen (secondary N) is 1. The number of carbonyl (C=O) groups excluding carboxylic acids is 1. The summed E-state index contributed by atoms with van der Waals surface area (Å²) >= 11 is 0. The number of methoxy groups -OCH3 is 1. The molecule has 0 unspecified atom stereocenters. The number of esters is 1. The lowest BCUT2D eigenvalue weighted by atomic mass is 9.79. The van der Waals surface area contributed by atoms with E-state index in [0.29, 0.717) is 5.69 Å². The van der Waals surface area contributed by atoms with Crippen LogP contribution in [0, 0.1) is 6.92 Å². The van der Waals surface area contributed by atoms with E-state index >= 15 is 0 Å². The van der Waals surface area contributed by atoms with Crippen LogP contribution in [0.1, 0.15) is 43.9 Å². The Morgan fingerprint density at radius 3 is 2.26 bits per heavy atom. The van der Waals surface area contributed by atoms with Gasteiger partial charge in [0, 0.05) is 11.2 Å². The summed E-state index contributed by atoms with van der Waals surface area (Å²) in [6.45, 7) is 9.87. The summed E-state index contributed by atoms with van der Waals surface area (Å²) in [5.74, 6) is -0.397. The van der Waals surface area contributed by atoms with Crippen molar-refractivity contribution in [3.8, 4) is 0 Å². The van der Waals surface area contributed by atoms with Gasteiger partial charge in [-0.05, 0) is 40.7 Å². The maximum absolute atomic E-state index is 11.5. The van der Waals surface area contributed by atoms with Crippen LogP contribution in [0.2, 0.25) is 0 Å². The fourth-order valence-electron chi connectivity index (χ4n) is 2.01.